The number of hydrogen-bond acceptors (Lipinski definition) is 0. The SMILES string of the molecule is c1cc2c3c(cccc3c1)-c1c-2ccc2c3ccccc3n(-c3ccc4c5ccccc5c5ccccc5c4c3)c12. The van der Waals surface area contributed by atoms with Crippen LogP contribution in [0.2, 0.25) is 0 Å². The zero-order chi connectivity index (χ0) is 26.7. The first kappa shape index (κ1) is 21.4. The second-order valence-corrected chi connectivity index (χ2v) is 11.3. The lowest BCUT2D eigenvalue weighted by molar-refractivity contribution is 1.19. The van der Waals surface area contributed by atoms with Crippen LogP contribution >= 0.6 is 0 Å². The molecule has 0 aliphatic heterocycles. The van der Waals surface area contributed by atoms with Crippen LogP contribution in [0, 0.1) is 0 Å². The van der Waals surface area contributed by atoms with Gasteiger partial charge >= 0.3 is 0 Å². The fourth-order valence-electron chi connectivity index (χ4n) is 7.63. The minimum atomic E-state index is 1.20. The predicted octanol–water partition coefficient (Wildman–Crippen LogP) is 11.0. The number of nitrogens with zero attached hydrogens (tertiary/aromatic N) is 1. The molecule has 188 valence electrons. The van der Waals surface area contributed by atoms with Crippen LogP contribution < -0.4 is 0 Å². The van der Waals surface area contributed by atoms with Crippen LogP contribution in [-0.4, -0.2) is 4.57 Å². The van der Waals surface area contributed by atoms with Crippen molar-refractivity contribution in [2.75, 3.05) is 0 Å². The molecule has 41 heavy (non-hydrogen) atoms. The lowest BCUT2D eigenvalue weighted by Gasteiger charge is -2.15. The Hall–Kier alpha value is -5.40. The summed E-state index contributed by atoms with van der Waals surface area (Å²) in [6.45, 7) is 0. The lowest BCUT2D eigenvalue weighted by atomic mass is 9.94. The van der Waals surface area contributed by atoms with Crippen LogP contribution in [-0.2, 0) is 0 Å². The molecule has 1 nitrogen and oxygen atoms in total. The van der Waals surface area contributed by atoms with Crippen LogP contribution in [0.3, 0.4) is 0 Å². The summed E-state index contributed by atoms with van der Waals surface area (Å²) in [4.78, 5) is 0. The van der Waals surface area contributed by atoms with Crippen molar-refractivity contribution in [1.82, 2.24) is 4.57 Å². The summed E-state index contributed by atoms with van der Waals surface area (Å²) in [5, 5.41) is 13.1. The first-order chi connectivity index (χ1) is 20.4. The molecule has 0 saturated heterocycles. The van der Waals surface area contributed by atoms with Gasteiger partial charge in [0.05, 0.1) is 11.0 Å². The van der Waals surface area contributed by atoms with Gasteiger partial charge < -0.3 is 4.57 Å². The average Bonchev–Trinajstić information content (AvgIpc) is 3.55. The Morgan fingerprint density at radius 3 is 1.68 bits per heavy atom. The average molecular weight is 518 g/mol. The molecular weight excluding hydrogens is 494 g/mol. The highest BCUT2D eigenvalue weighted by molar-refractivity contribution is 6.27. The molecule has 0 spiro atoms. The molecule has 1 aromatic heterocycles. The van der Waals surface area contributed by atoms with E-state index in [0.717, 1.165) is 0 Å². The fraction of sp³-hybridized carbons (Fsp3) is 0. The third kappa shape index (κ3) is 2.66. The van der Waals surface area contributed by atoms with Crippen molar-refractivity contribution in [2.24, 2.45) is 0 Å². The first-order valence-corrected chi connectivity index (χ1v) is 14.3. The van der Waals surface area contributed by atoms with Gasteiger partial charge in [-0.05, 0) is 78.0 Å². The standard InChI is InChI=1S/C40H23N/c1-2-13-28-26(11-1)27-12-3-4-14-29(27)36-23-25(19-20-30(28)36)41-37-18-6-5-15-31(37)34-22-21-33-32-16-7-9-24-10-8-17-35(38(24)32)39(33)40(34)41/h1-23H. The van der Waals surface area contributed by atoms with Gasteiger partial charge in [-0.2, -0.15) is 0 Å². The van der Waals surface area contributed by atoms with Gasteiger partial charge in [-0.15, -0.1) is 0 Å². The minimum Gasteiger partial charge on any atom is -0.309 e. The molecule has 0 bridgehead atoms. The number of hydrogen-bond donors (Lipinski definition) is 0. The Balaban J connectivity index is 1.39. The molecule has 9 aromatic rings. The molecule has 1 heteroatoms. The summed E-state index contributed by atoms with van der Waals surface area (Å²) in [5.41, 5.74) is 9.06. The largest absolute Gasteiger partial charge is 0.309 e. The first-order valence-electron chi connectivity index (χ1n) is 14.3. The van der Waals surface area contributed by atoms with Gasteiger partial charge in [0.25, 0.3) is 0 Å². The highest BCUT2D eigenvalue weighted by atomic mass is 15.0. The van der Waals surface area contributed by atoms with E-state index in [9.17, 15) is 0 Å². The van der Waals surface area contributed by atoms with Gasteiger partial charge in [0.2, 0.25) is 0 Å². The van der Waals surface area contributed by atoms with E-state index in [2.05, 4.69) is 144 Å². The smallest absolute Gasteiger partial charge is 0.0625 e. The van der Waals surface area contributed by atoms with Crippen molar-refractivity contribution in [3.63, 3.8) is 0 Å². The Bertz CT molecular complexity index is 2540. The molecule has 0 fully saturated rings. The summed E-state index contributed by atoms with van der Waals surface area (Å²) >= 11 is 0. The normalized spacial score (nSPS) is 12.4. The molecule has 1 aliphatic carbocycles. The number of fused-ring (bicyclic) bond motifs is 13. The molecular formula is C40H23N. The number of benzene rings is 8. The van der Waals surface area contributed by atoms with E-state index < -0.39 is 0 Å². The predicted molar refractivity (Wildman–Crippen MR) is 175 cm³/mol. The van der Waals surface area contributed by atoms with Crippen LogP contribution in [0.1, 0.15) is 0 Å². The van der Waals surface area contributed by atoms with E-state index in [-0.39, 0.29) is 0 Å². The van der Waals surface area contributed by atoms with Crippen molar-refractivity contribution < 1.29 is 0 Å². The highest BCUT2D eigenvalue weighted by Crippen LogP contribution is 2.52. The topological polar surface area (TPSA) is 4.93 Å². The third-order valence-electron chi connectivity index (χ3n) is 9.29. The van der Waals surface area contributed by atoms with Crippen LogP contribution in [0.15, 0.2) is 140 Å². The molecule has 0 amide bonds. The van der Waals surface area contributed by atoms with Crippen molar-refractivity contribution in [2.45, 2.75) is 0 Å². The summed E-state index contributed by atoms with van der Waals surface area (Å²) in [6, 6.07) is 51.7. The lowest BCUT2D eigenvalue weighted by Crippen LogP contribution is -1.96. The van der Waals surface area contributed by atoms with Crippen molar-refractivity contribution in [3.8, 4) is 27.9 Å². The second kappa shape index (κ2) is 7.62. The van der Waals surface area contributed by atoms with E-state index in [1.807, 2.05) is 0 Å². The molecule has 0 saturated carbocycles. The van der Waals surface area contributed by atoms with Gasteiger partial charge in [-0.3, -0.25) is 0 Å². The summed E-state index contributed by atoms with van der Waals surface area (Å²) in [7, 11) is 0. The molecule has 0 N–H and O–H groups in total. The van der Waals surface area contributed by atoms with E-state index in [1.165, 1.54) is 92.8 Å². The van der Waals surface area contributed by atoms with Gasteiger partial charge in [0, 0.05) is 22.0 Å². The van der Waals surface area contributed by atoms with Crippen molar-refractivity contribution in [3.05, 3.63) is 140 Å². The van der Waals surface area contributed by atoms with Gasteiger partial charge in [-0.1, -0.05) is 121 Å². The molecule has 10 rings (SSSR count). The number of para-hydroxylation sites is 1. The van der Waals surface area contributed by atoms with Crippen molar-refractivity contribution >= 4 is 64.9 Å². The van der Waals surface area contributed by atoms with Crippen LogP contribution in [0.5, 0.6) is 0 Å². The Morgan fingerprint density at radius 1 is 0.366 bits per heavy atom. The van der Waals surface area contributed by atoms with E-state index in [4.69, 9.17) is 0 Å². The maximum Gasteiger partial charge on any atom is 0.0625 e. The van der Waals surface area contributed by atoms with Gasteiger partial charge in [0.15, 0.2) is 0 Å². The third-order valence-corrected chi connectivity index (χ3v) is 9.29. The fourth-order valence-corrected chi connectivity index (χ4v) is 7.63. The van der Waals surface area contributed by atoms with Crippen LogP contribution in [0.4, 0.5) is 0 Å². The monoisotopic (exact) mass is 517 g/mol. The van der Waals surface area contributed by atoms with E-state index in [0.29, 0.717) is 0 Å². The Morgan fingerprint density at radius 2 is 0.951 bits per heavy atom. The molecule has 1 aliphatic rings. The molecule has 8 aromatic carbocycles. The summed E-state index contributed by atoms with van der Waals surface area (Å²) < 4.78 is 2.51. The van der Waals surface area contributed by atoms with Crippen molar-refractivity contribution in [1.29, 1.82) is 0 Å². The Kier molecular flexibility index (Phi) is 3.98. The van der Waals surface area contributed by atoms with Gasteiger partial charge in [-0.25, -0.2) is 0 Å². The number of aromatic nitrogens is 1. The van der Waals surface area contributed by atoms with E-state index in [1.54, 1.807) is 0 Å². The summed E-state index contributed by atoms with van der Waals surface area (Å²) in [5.74, 6) is 0. The number of rotatable bonds is 1. The van der Waals surface area contributed by atoms with Gasteiger partial charge in [0.1, 0.15) is 0 Å². The minimum absolute atomic E-state index is 1.20. The zero-order valence-electron chi connectivity index (χ0n) is 22.2. The maximum atomic E-state index is 2.51. The van der Waals surface area contributed by atoms with E-state index >= 15 is 0 Å². The molecule has 0 radical (unpaired) electrons. The second-order valence-electron chi connectivity index (χ2n) is 11.3. The maximum absolute atomic E-state index is 2.51. The molecule has 1 heterocycles. The van der Waals surface area contributed by atoms with Crippen LogP contribution in [0.25, 0.3) is 92.8 Å². The quantitative estimate of drug-likeness (QED) is 0.191. The zero-order valence-corrected chi connectivity index (χ0v) is 22.2. The summed E-state index contributed by atoms with van der Waals surface area (Å²) in [6.07, 6.45) is 0. The molecule has 0 atom stereocenters. The Labute approximate surface area is 236 Å². The highest BCUT2D eigenvalue weighted by Gasteiger charge is 2.26. The molecule has 0 unspecified atom stereocenters.